The maximum absolute atomic E-state index is 6.03. The van der Waals surface area contributed by atoms with E-state index >= 15 is 0 Å². The number of nitrogens with zero attached hydrogens (tertiary/aromatic N) is 1. The number of pyridine rings is 1. The first-order valence-corrected chi connectivity index (χ1v) is 7.32. The van der Waals surface area contributed by atoms with E-state index in [1.807, 2.05) is 48.5 Å². The first-order valence-electron chi connectivity index (χ1n) is 6.15. The highest BCUT2D eigenvalue weighted by atomic mass is 79.9. The summed E-state index contributed by atoms with van der Waals surface area (Å²) >= 11 is 9.45. The molecule has 0 radical (unpaired) electrons. The molecular formula is C16H11BrClNO. The van der Waals surface area contributed by atoms with E-state index in [9.17, 15) is 0 Å². The summed E-state index contributed by atoms with van der Waals surface area (Å²) in [7, 11) is 0. The second-order valence-corrected chi connectivity index (χ2v) is 5.68. The molecule has 0 aliphatic heterocycles. The Bertz CT molecular complexity index is 743. The van der Waals surface area contributed by atoms with Gasteiger partial charge in [-0.25, -0.2) is 4.98 Å². The van der Waals surface area contributed by atoms with E-state index in [0.717, 1.165) is 26.7 Å². The fourth-order valence-corrected chi connectivity index (χ4v) is 2.43. The number of hydrogen-bond acceptors (Lipinski definition) is 2. The minimum absolute atomic E-state index is 0.439. The van der Waals surface area contributed by atoms with Gasteiger partial charge in [-0.1, -0.05) is 51.8 Å². The summed E-state index contributed by atoms with van der Waals surface area (Å²) in [5.41, 5.74) is 1.94. The summed E-state index contributed by atoms with van der Waals surface area (Å²) in [4.78, 5) is 4.28. The van der Waals surface area contributed by atoms with Crippen molar-refractivity contribution in [3.05, 3.63) is 69.8 Å². The third kappa shape index (κ3) is 2.94. The fourth-order valence-electron chi connectivity index (χ4n) is 1.97. The van der Waals surface area contributed by atoms with Crippen LogP contribution >= 0.6 is 27.5 Å². The van der Waals surface area contributed by atoms with Crippen LogP contribution in [0.15, 0.2) is 59.1 Å². The molecular weight excluding hydrogens is 338 g/mol. The number of fused-ring (bicyclic) bond motifs is 1. The minimum atomic E-state index is 0.439. The zero-order valence-corrected chi connectivity index (χ0v) is 12.9. The van der Waals surface area contributed by atoms with Gasteiger partial charge < -0.3 is 4.74 Å². The van der Waals surface area contributed by atoms with E-state index in [4.69, 9.17) is 16.3 Å². The van der Waals surface area contributed by atoms with Crippen molar-refractivity contribution in [2.24, 2.45) is 0 Å². The molecule has 1 aromatic heterocycles. The number of benzene rings is 2. The molecule has 0 amide bonds. The summed E-state index contributed by atoms with van der Waals surface area (Å²) in [6, 6.07) is 17.6. The van der Waals surface area contributed by atoms with Crippen LogP contribution in [0.25, 0.3) is 10.9 Å². The third-order valence-electron chi connectivity index (χ3n) is 2.95. The fraction of sp³-hybridized carbons (Fsp3) is 0.0625. The Labute approximate surface area is 130 Å². The number of hydrogen-bond donors (Lipinski definition) is 0. The van der Waals surface area contributed by atoms with Crippen molar-refractivity contribution < 1.29 is 4.74 Å². The van der Waals surface area contributed by atoms with Crippen molar-refractivity contribution in [2.75, 3.05) is 0 Å². The van der Waals surface area contributed by atoms with Crippen LogP contribution in [0.5, 0.6) is 5.75 Å². The highest BCUT2D eigenvalue weighted by molar-refractivity contribution is 9.10. The molecule has 3 rings (SSSR count). The lowest BCUT2D eigenvalue weighted by Crippen LogP contribution is -1.96. The molecule has 20 heavy (non-hydrogen) atoms. The summed E-state index contributed by atoms with van der Waals surface area (Å²) in [5, 5.41) is 1.41. The lowest BCUT2D eigenvalue weighted by molar-refractivity contribution is 0.310. The second-order valence-electron chi connectivity index (χ2n) is 4.38. The molecule has 0 saturated heterocycles. The normalized spacial score (nSPS) is 10.7. The Morgan fingerprint density at radius 2 is 1.80 bits per heavy atom. The van der Waals surface area contributed by atoms with Gasteiger partial charge in [0.1, 0.15) is 17.5 Å². The van der Waals surface area contributed by atoms with E-state index in [2.05, 4.69) is 20.9 Å². The average molecular weight is 349 g/mol. The molecule has 0 bridgehead atoms. The molecule has 4 heteroatoms. The van der Waals surface area contributed by atoms with Crippen LogP contribution in [0.1, 0.15) is 5.56 Å². The molecule has 0 atom stereocenters. The Morgan fingerprint density at radius 3 is 2.60 bits per heavy atom. The maximum atomic E-state index is 6.03. The van der Waals surface area contributed by atoms with Crippen molar-refractivity contribution in [3.8, 4) is 5.75 Å². The number of rotatable bonds is 3. The number of halogens is 2. The second kappa shape index (κ2) is 5.81. The van der Waals surface area contributed by atoms with Crippen LogP contribution < -0.4 is 4.74 Å². The van der Waals surface area contributed by atoms with Gasteiger partial charge in [0.05, 0.1) is 5.52 Å². The first-order chi connectivity index (χ1) is 9.72. The zero-order valence-electron chi connectivity index (χ0n) is 10.5. The molecule has 100 valence electrons. The lowest BCUT2D eigenvalue weighted by atomic mass is 10.2. The Morgan fingerprint density at radius 1 is 1.05 bits per heavy atom. The SMILES string of the molecule is Clc1cc(OCc2ccc(Br)cc2)c2ccccc2n1. The van der Waals surface area contributed by atoms with Gasteiger partial charge in [-0.15, -0.1) is 0 Å². The lowest BCUT2D eigenvalue weighted by Gasteiger charge is -2.09. The van der Waals surface area contributed by atoms with Crippen LogP contribution in [0.4, 0.5) is 0 Å². The molecule has 0 saturated carbocycles. The third-order valence-corrected chi connectivity index (χ3v) is 3.68. The van der Waals surface area contributed by atoms with Crippen LogP contribution in [-0.2, 0) is 6.61 Å². The zero-order chi connectivity index (χ0) is 13.9. The largest absolute Gasteiger partial charge is 0.488 e. The molecule has 0 aliphatic rings. The van der Waals surface area contributed by atoms with Crippen LogP contribution in [0, 0.1) is 0 Å². The molecule has 0 unspecified atom stereocenters. The maximum Gasteiger partial charge on any atom is 0.133 e. The number of para-hydroxylation sites is 1. The van der Waals surface area contributed by atoms with Crippen molar-refractivity contribution in [1.29, 1.82) is 0 Å². The van der Waals surface area contributed by atoms with Gasteiger partial charge in [-0.05, 0) is 29.8 Å². The van der Waals surface area contributed by atoms with E-state index in [-0.39, 0.29) is 0 Å². The molecule has 0 aliphatic carbocycles. The predicted octanol–water partition coefficient (Wildman–Crippen LogP) is 5.23. The van der Waals surface area contributed by atoms with E-state index < -0.39 is 0 Å². The van der Waals surface area contributed by atoms with Crippen molar-refractivity contribution >= 4 is 38.4 Å². The highest BCUT2D eigenvalue weighted by Gasteiger charge is 2.05. The monoisotopic (exact) mass is 347 g/mol. The number of aromatic nitrogens is 1. The molecule has 0 N–H and O–H groups in total. The quantitative estimate of drug-likeness (QED) is 0.605. The molecule has 2 nitrogen and oxygen atoms in total. The van der Waals surface area contributed by atoms with Crippen molar-refractivity contribution in [1.82, 2.24) is 4.98 Å². The summed E-state index contributed by atoms with van der Waals surface area (Å²) in [6.07, 6.45) is 0. The average Bonchev–Trinajstić information content (AvgIpc) is 2.46. The molecule has 1 heterocycles. The highest BCUT2D eigenvalue weighted by Crippen LogP contribution is 2.28. The molecule has 2 aromatic carbocycles. The van der Waals surface area contributed by atoms with Gasteiger partial charge in [0, 0.05) is 15.9 Å². The standard InChI is InChI=1S/C16H11BrClNO/c17-12-7-5-11(6-8-12)10-20-15-9-16(18)19-14-4-2-1-3-13(14)15/h1-9H,10H2. The van der Waals surface area contributed by atoms with Gasteiger partial charge in [0.2, 0.25) is 0 Å². The van der Waals surface area contributed by atoms with Crippen LogP contribution in [0.3, 0.4) is 0 Å². The number of ether oxygens (including phenoxy) is 1. The van der Waals surface area contributed by atoms with E-state index in [1.165, 1.54) is 0 Å². The topological polar surface area (TPSA) is 22.1 Å². The summed E-state index contributed by atoms with van der Waals surface area (Å²) < 4.78 is 6.94. The summed E-state index contributed by atoms with van der Waals surface area (Å²) in [5.74, 6) is 0.753. The smallest absolute Gasteiger partial charge is 0.133 e. The van der Waals surface area contributed by atoms with Crippen LogP contribution in [-0.4, -0.2) is 4.98 Å². The Kier molecular flexibility index (Phi) is 3.90. The minimum Gasteiger partial charge on any atom is -0.488 e. The van der Waals surface area contributed by atoms with Crippen LogP contribution in [0.2, 0.25) is 5.15 Å². The Hall–Kier alpha value is -1.58. The molecule has 0 spiro atoms. The van der Waals surface area contributed by atoms with Gasteiger partial charge in [-0.3, -0.25) is 0 Å². The van der Waals surface area contributed by atoms with Gasteiger partial charge in [0.15, 0.2) is 0 Å². The van der Waals surface area contributed by atoms with Gasteiger partial charge >= 0.3 is 0 Å². The predicted molar refractivity (Wildman–Crippen MR) is 85.2 cm³/mol. The van der Waals surface area contributed by atoms with Crippen molar-refractivity contribution in [2.45, 2.75) is 6.61 Å². The van der Waals surface area contributed by atoms with E-state index in [0.29, 0.717) is 11.8 Å². The van der Waals surface area contributed by atoms with Gasteiger partial charge in [0.25, 0.3) is 0 Å². The molecule has 0 fully saturated rings. The van der Waals surface area contributed by atoms with E-state index in [1.54, 1.807) is 6.07 Å². The molecule has 3 aromatic rings. The summed E-state index contributed by atoms with van der Waals surface area (Å²) in [6.45, 7) is 0.498. The first kappa shape index (κ1) is 13.4. The van der Waals surface area contributed by atoms with Gasteiger partial charge in [-0.2, -0.15) is 0 Å². The van der Waals surface area contributed by atoms with Crippen molar-refractivity contribution in [3.63, 3.8) is 0 Å². The Balaban J connectivity index is 1.88.